The van der Waals surface area contributed by atoms with Crippen molar-refractivity contribution in [3.05, 3.63) is 0 Å². The molecule has 1 N–H and O–H groups in total. The van der Waals surface area contributed by atoms with Crippen molar-refractivity contribution in [3.8, 4) is 0 Å². The van der Waals surface area contributed by atoms with Crippen LogP contribution >= 0.6 is 0 Å². The van der Waals surface area contributed by atoms with Crippen molar-refractivity contribution in [2.24, 2.45) is 5.10 Å². The molecule has 0 aliphatic rings. The molecule has 0 aromatic carbocycles. The van der Waals surface area contributed by atoms with Gasteiger partial charge >= 0.3 is 0 Å². The maximum atomic E-state index is 7.00. The highest BCUT2D eigenvalue weighted by Gasteiger charge is 1.89. The van der Waals surface area contributed by atoms with Gasteiger partial charge < -0.3 is 5.41 Å². The van der Waals surface area contributed by atoms with Gasteiger partial charge in [0, 0.05) is 19.5 Å². The molecular formula is C5H11N3. The summed E-state index contributed by atoms with van der Waals surface area (Å²) >= 11 is 0. The molecule has 0 rings (SSSR count). The topological polar surface area (TPSA) is 39.5 Å². The molecular weight excluding hydrogens is 102 g/mol. The van der Waals surface area contributed by atoms with Crippen LogP contribution < -0.4 is 0 Å². The van der Waals surface area contributed by atoms with Gasteiger partial charge in [-0.05, 0) is 6.92 Å². The van der Waals surface area contributed by atoms with E-state index in [9.17, 15) is 0 Å². The summed E-state index contributed by atoms with van der Waals surface area (Å²) in [6.07, 6.45) is 0. The summed E-state index contributed by atoms with van der Waals surface area (Å²) in [5, 5.41) is 12.2. The lowest BCUT2D eigenvalue weighted by Crippen LogP contribution is -2.17. The van der Waals surface area contributed by atoms with E-state index in [-0.39, 0.29) is 0 Å². The molecule has 0 saturated heterocycles. The fourth-order valence-corrected chi connectivity index (χ4v) is 0.393. The number of hydrazone groups is 1. The zero-order chi connectivity index (χ0) is 6.57. The molecule has 0 aromatic heterocycles. The Balaban J connectivity index is 3.38. The van der Waals surface area contributed by atoms with E-state index in [4.69, 9.17) is 5.41 Å². The maximum Gasteiger partial charge on any atom is 0.0729 e. The molecule has 0 spiro atoms. The van der Waals surface area contributed by atoms with Crippen LogP contribution in [0, 0.1) is 5.41 Å². The van der Waals surface area contributed by atoms with E-state index < -0.39 is 0 Å². The minimum atomic E-state index is 0.573. The normalized spacial score (nSPS) is 8.25. The summed E-state index contributed by atoms with van der Waals surface area (Å²) in [6, 6.07) is 0. The van der Waals surface area contributed by atoms with E-state index in [0.717, 1.165) is 0 Å². The fraction of sp³-hybridized carbons (Fsp3) is 0.600. The van der Waals surface area contributed by atoms with Gasteiger partial charge in [-0.25, -0.2) is 0 Å². The lowest BCUT2D eigenvalue weighted by atomic mass is 10.4. The Labute approximate surface area is 49.5 Å². The van der Waals surface area contributed by atoms with E-state index in [2.05, 4.69) is 11.8 Å². The summed E-state index contributed by atoms with van der Waals surface area (Å²) < 4.78 is 0. The molecule has 0 heterocycles. The molecule has 0 unspecified atom stereocenters. The summed E-state index contributed by atoms with van der Waals surface area (Å²) in [6.45, 7) is 5.60. The highest BCUT2D eigenvalue weighted by atomic mass is 15.4. The van der Waals surface area contributed by atoms with Crippen molar-refractivity contribution in [2.45, 2.75) is 6.92 Å². The van der Waals surface area contributed by atoms with Crippen molar-refractivity contribution in [3.63, 3.8) is 0 Å². The van der Waals surface area contributed by atoms with Gasteiger partial charge in [-0.15, -0.1) is 0 Å². The number of hydrogen-bond donors (Lipinski definition) is 1. The van der Waals surface area contributed by atoms with E-state index >= 15 is 0 Å². The molecule has 0 saturated carbocycles. The summed E-state index contributed by atoms with van der Waals surface area (Å²) in [4.78, 5) is 0. The monoisotopic (exact) mass is 113 g/mol. The molecule has 0 radical (unpaired) electrons. The highest BCUT2D eigenvalue weighted by molar-refractivity contribution is 5.80. The van der Waals surface area contributed by atoms with Crippen LogP contribution in [-0.4, -0.2) is 31.0 Å². The molecule has 0 amide bonds. The van der Waals surface area contributed by atoms with Crippen LogP contribution in [0.15, 0.2) is 5.10 Å². The van der Waals surface area contributed by atoms with Gasteiger partial charge in [0.15, 0.2) is 0 Å². The van der Waals surface area contributed by atoms with Crippen molar-refractivity contribution in [2.75, 3.05) is 13.6 Å². The minimum absolute atomic E-state index is 0.573. The predicted molar refractivity (Wildman–Crippen MR) is 35.6 cm³/mol. The van der Waals surface area contributed by atoms with Gasteiger partial charge in [-0.1, -0.05) is 0 Å². The largest absolute Gasteiger partial charge is 0.308 e. The zero-order valence-electron chi connectivity index (χ0n) is 5.31. The average molecular weight is 113 g/mol. The van der Waals surface area contributed by atoms with Crippen molar-refractivity contribution >= 4 is 12.4 Å². The van der Waals surface area contributed by atoms with Gasteiger partial charge in [-0.3, -0.25) is 5.01 Å². The van der Waals surface area contributed by atoms with Crippen LogP contribution in [0.5, 0.6) is 0 Å². The molecule has 0 bridgehead atoms. The SMILES string of the molecule is C=NN(C)CC(C)=N. The fourth-order valence-electron chi connectivity index (χ4n) is 0.393. The molecule has 3 nitrogen and oxygen atoms in total. The maximum absolute atomic E-state index is 7.00. The first-order chi connectivity index (χ1) is 3.66. The van der Waals surface area contributed by atoms with Gasteiger partial charge in [0.1, 0.15) is 0 Å². The van der Waals surface area contributed by atoms with E-state index in [1.165, 1.54) is 0 Å². The van der Waals surface area contributed by atoms with Crippen molar-refractivity contribution in [1.29, 1.82) is 5.41 Å². The molecule has 0 atom stereocenters. The van der Waals surface area contributed by atoms with Crippen LogP contribution in [0.25, 0.3) is 0 Å². The second kappa shape index (κ2) is 3.18. The minimum Gasteiger partial charge on any atom is -0.308 e. The lowest BCUT2D eigenvalue weighted by Gasteiger charge is -2.08. The Morgan fingerprint density at radius 3 is 2.50 bits per heavy atom. The molecule has 3 heteroatoms. The number of nitrogens with zero attached hydrogens (tertiary/aromatic N) is 2. The van der Waals surface area contributed by atoms with Crippen LogP contribution in [-0.2, 0) is 0 Å². The number of nitrogens with one attached hydrogen (secondary N) is 1. The molecule has 8 heavy (non-hydrogen) atoms. The summed E-state index contributed by atoms with van der Waals surface area (Å²) in [7, 11) is 1.78. The lowest BCUT2D eigenvalue weighted by molar-refractivity contribution is 0.409. The van der Waals surface area contributed by atoms with Gasteiger partial charge in [0.2, 0.25) is 0 Å². The first kappa shape index (κ1) is 7.14. The molecule has 0 fully saturated rings. The number of hydrogen-bond acceptors (Lipinski definition) is 3. The molecule has 0 aromatic rings. The van der Waals surface area contributed by atoms with Crippen LogP contribution in [0.1, 0.15) is 6.92 Å². The van der Waals surface area contributed by atoms with Crippen molar-refractivity contribution in [1.82, 2.24) is 5.01 Å². The average Bonchev–Trinajstić information content (AvgIpc) is 1.65. The summed E-state index contributed by atoms with van der Waals surface area (Å²) in [5.41, 5.74) is 0.597. The Bertz CT molecular complexity index is 97.8. The first-order valence-electron chi connectivity index (χ1n) is 2.38. The third-order valence-electron chi connectivity index (χ3n) is 0.707. The quantitative estimate of drug-likeness (QED) is 0.422. The Kier molecular flexibility index (Phi) is 2.84. The Hall–Kier alpha value is -0.860. The summed E-state index contributed by atoms with van der Waals surface area (Å²) in [5.74, 6) is 0. The second-order valence-electron chi connectivity index (χ2n) is 1.74. The second-order valence-corrected chi connectivity index (χ2v) is 1.74. The van der Waals surface area contributed by atoms with Gasteiger partial charge in [-0.2, -0.15) is 5.10 Å². The van der Waals surface area contributed by atoms with E-state index in [1.54, 1.807) is 19.0 Å². The smallest absolute Gasteiger partial charge is 0.0729 e. The van der Waals surface area contributed by atoms with Gasteiger partial charge in [0.25, 0.3) is 0 Å². The first-order valence-corrected chi connectivity index (χ1v) is 2.38. The van der Waals surface area contributed by atoms with E-state index in [0.29, 0.717) is 12.3 Å². The number of rotatable bonds is 3. The molecule has 0 aliphatic heterocycles. The third kappa shape index (κ3) is 3.33. The van der Waals surface area contributed by atoms with Gasteiger partial charge in [0.05, 0.1) is 6.54 Å². The van der Waals surface area contributed by atoms with Crippen LogP contribution in [0.3, 0.4) is 0 Å². The predicted octanol–water partition coefficient (Wildman–Crippen LogP) is 0.573. The Morgan fingerprint density at radius 1 is 1.88 bits per heavy atom. The van der Waals surface area contributed by atoms with Crippen LogP contribution in [0.4, 0.5) is 0 Å². The molecule has 46 valence electrons. The highest BCUT2D eigenvalue weighted by Crippen LogP contribution is 1.80. The van der Waals surface area contributed by atoms with E-state index in [1.807, 2.05) is 0 Å². The third-order valence-corrected chi connectivity index (χ3v) is 0.707. The van der Waals surface area contributed by atoms with Crippen LogP contribution in [0.2, 0.25) is 0 Å². The van der Waals surface area contributed by atoms with Crippen molar-refractivity contribution < 1.29 is 0 Å². The molecule has 0 aliphatic carbocycles. The Morgan fingerprint density at radius 2 is 2.38 bits per heavy atom. The zero-order valence-corrected chi connectivity index (χ0v) is 5.31. The standard InChI is InChI=1S/C5H11N3/c1-5(6)4-8(3)7-2/h6H,2,4H2,1,3H3.